The number of thiocarbonyl (C=S) groups is 1. The first-order valence-corrected chi connectivity index (χ1v) is 5.89. The van der Waals surface area contributed by atoms with E-state index in [1.165, 1.54) is 0 Å². The summed E-state index contributed by atoms with van der Waals surface area (Å²) < 4.78 is 5.68. The monoisotopic (exact) mass is 220 g/mol. The minimum atomic E-state index is -0.208. The van der Waals surface area contributed by atoms with Gasteiger partial charge in [0.25, 0.3) is 0 Å². The van der Waals surface area contributed by atoms with E-state index in [0.717, 1.165) is 16.4 Å². The van der Waals surface area contributed by atoms with E-state index in [1.54, 1.807) is 18.7 Å². The maximum atomic E-state index is 11.4. The highest BCUT2D eigenvalue weighted by Crippen LogP contribution is 2.17. The summed E-state index contributed by atoms with van der Waals surface area (Å²) in [6, 6.07) is 0. The second kappa shape index (κ2) is 7.33. The largest absolute Gasteiger partial charge is 0.465 e. The van der Waals surface area contributed by atoms with Crippen molar-refractivity contribution in [1.29, 1.82) is 0 Å². The van der Waals surface area contributed by atoms with Crippen molar-refractivity contribution in [1.82, 2.24) is 0 Å². The van der Waals surface area contributed by atoms with E-state index in [9.17, 15) is 4.79 Å². The van der Waals surface area contributed by atoms with Gasteiger partial charge in [-0.3, -0.25) is 4.79 Å². The molecule has 0 aromatic heterocycles. The maximum absolute atomic E-state index is 11.4. The third-order valence-corrected chi connectivity index (χ3v) is 3.05. The van der Waals surface area contributed by atoms with Gasteiger partial charge in [-0.2, -0.15) is 0 Å². The number of ether oxygens (including phenoxy) is 1. The smallest absolute Gasteiger partial charge is 0.314 e. The molecule has 0 aliphatic heterocycles. The molecule has 76 valence electrons. The van der Waals surface area contributed by atoms with Crippen molar-refractivity contribution in [3.63, 3.8) is 0 Å². The van der Waals surface area contributed by atoms with E-state index in [2.05, 4.69) is 0 Å². The SMILES string of the molecule is CCOC(=O)C(CC)C(=S)SCC. The molecular weight excluding hydrogens is 204 g/mol. The number of carbonyl (C=O) groups is 1. The summed E-state index contributed by atoms with van der Waals surface area (Å²) in [4.78, 5) is 11.4. The molecule has 0 heterocycles. The molecule has 1 unspecified atom stereocenters. The molecule has 0 aromatic rings. The molecule has 0 amide bonds. The molecule has 0 aliphatic rings. The number of hydrogen-bond acceptors (Lipinski definition) is 4. The van der Waals surface area contributed by atoms with Crippen LogP contribution in [0.1, 0.15) is 27.2 Å². The molecule has 0 radical (unpaired) electrons. The highest BCUT2D eigenvalue weighted by atomic mass is 32.2. The Labute approximate surface area is 89.4 Å². The van der Waals surface area contributed by atoms with E-state index in [0.29, 0.717) is 6.61 Å². The summed E-state index contributed by atoms with van der Waals surface area (Å²) in [5, 5.41) is 0. The van der Waals surface area contributed by atoms with Crippen LogP contribution in [0.25, 0.3) is 0 Å². The Morgan fingerprint density at radius 3 is 2.46 bits per heavy atom. The van der Waals surface area contributed by atoms with Gasteiger partial charge in [0.05, 0.1) is 16.7 Å². The highest BCUT2D eigenvalue weighted by Gasteiger charge is 2.22. The summed E-state index contributed by atoms with van der Waals surface area (Å²) in [7, 11) is 0. The number of esters is 1. The number of hydrogen-bond donors (Lipinski definition) is 0. The fourth-order valence-corrected chi connectivity index (χ4v) is 2.28. The number of rotatable bonds is 5. The molecule has 0 aliphatic carbocycles. The van der Waals surface area contributed by atoms with Crippen molar-refractivity contribution in [2.75, 3.05) is 12.4 Å². The first-order valence-electron chi connectivity index (χ1n) is 4.50. The molecular formula is C9H16O2S2. The average Bonchev–Trinajstić information content (AvgIpc) is 2.06. The molecule has 0 N–H and O–H groups in total. The lowest BCUT2D eigenvalue weighted by Crippen LogP contribution is -2.22. The summed E-state index contributed by atoms with van der Waals surface area (Å²) in [6.07, 6.45) is 0.727. The average molecular weight is 220 g/mol. The molecule has 0 bridgehead atoms. The lowest BCUT2D eigenvalue weighted by Gasteiger charge is -2.13. The Morgan fingerprint density at radius 1 is 1.46 bits per heavy atom. The molecule has 0 aromatic carbocycles. The van der Waals surface area contributed by atoms with Gasteiger partial charge in [-0.05, 0) is 19.1 Å². The van der Waals surface area contributed by atoms with Gasteiger partial charge in [0.2, 0.25) is 0 Å². The minimum absolute atomic E-state index is 0.184. The predicted molar refractivity (Wildman–Crippen MR) is 61.1 cm³/mol. The maximum Gasteiger partial charge on any atom is 0.314 e. The lowest BCUT2D eigenvalue weighted by molar-refractivity contribution is -0.145. The molecule has 4 heteroatoms. The molecule has 0 saturated carbocycles. The van der Waals surface area contributed by atoms with Gasteiger partial charge in [0.15, 0.2) is 0 Å². The third kappa shape index (κ3) is 4.62. The van der Waals surface area contributed by atoms with Gasteiger partial charge in [0.1, 0.15) is 0 Å². The molecule has 0 rings (SSSR count). The van der Waals surface area contributed by atoms with Crippen LogP contribution in [0.2, 0.25) is 0 Å². The fraction of sp³-hybridized carbons (Fsp3) is 0.778. The highest BCUT2D eigenvalue weighted by molar-refractivity contribution is 8.23. The first kappa shape index (κ1) is 12.9. The van der Waals surface area contributed by atoms with Crippen LogP contribution in [0.15, 0.2) is 0 Å². The fourth-order valence-electron chi connectivity index (χ4n) is 0.915. The second-order valence-corrected chi connectivity index (χ2v) is 4.47. The Bertz CT molecular complexity index is 162. The Morgan fingerprint density at radius 2 is 2.08 bits per heavy atom. The Kier molecular flexibility index (Phi) is 7.28. The van der Waals surface area contributed by atoms with Gasteiger partial charge < -0.3 is 4.74 Å². The van der Waals surface area contributed by atoms with Crippen LogP contribution in [-0.2, 0) is 9.53 Å². The summed E-state index contributed by atoms with van der Waals surface area (Å²) in [5.41, 5.74) is 0. The number of carbonyl (C=O) groups excluding carboxylic acids is 1. The van der Waals surface area contributed by atoms with Gasteiger partial charge in [-0.25, -0.2) is 0 Å². The topological polar surface area (TPSA) is 26.3 Å². The van der Waals surface area contributed by atoms with E-state index >= 15 is 0 Å². The predicted octanol–water partition coefficient (Wildman–Crippen LogP) is 2.66. The van der Waals surface area contributed by atoms with Crippen molar-refractivity contribution in [3.8, 4) is 0 Å². The standard InChI is InChI=1S/C9H16O2S2/c1-4-7(8(10)11-5-2)9(12)13-6-3/h7H,4-6H2,1-3H3. The summed E-state index contributed by atoms with van der Waals surface area (Å²) in [6.45, 7) is 6.20. The normalized spacial score (nSPS) is 12.2. The van der Waals surface area contributed by atoms with Crippen LogP contribution in [0, 0.1) is 5.92 Å². The second-order valence-electron chi connectivity index (χ2n) is 2.46. The lowest BCUT2D eigenvalue weighted by atomic mass is 10.1. The zero-order valence-electron chi connectivity index (χ0n) is 8.33. The van der Waals surface area contributed by atoms with E-state index in [-0.39, 0.29) is 11.9 Å². The van der Waals surface area contributed by atoms with Crippen LogP contribution in [-0.4, -0.2) is 22.5 Å². The van der Waals surface area contributed by atoms with Crippen molar-refractivity contribution >= 4 is 34.1 Å². The molecule has 0 saturated heterocycles. The molecule has 2 nitrogen and oxygen atoms in total. The van der Waals surface area contributed by atoms with Gasteiger partial charge in [-0.1, -0.05) is 26.1 Å². The van der Waals surface area contributed by atoms with Gasteiger partial charge in [0, 0.05) is 0 Å². The van der Waals surface area contributed by atoms with Crippen LogP contribution in [0.5, 0.6) is 0 Å². The van der Waals surface area contributed by atoms with Gasteiger partial charge in [-0.15, -0.1) is 11.8 Å². The Hall–Kier alpha value is -0.0900. The number of thioether (sulfide) groups is 1. The van der Waals surface area contributed by atoms with Crippen LogP contribution < -0.4 is 0 Å². The van der Waals surface area contributed by atoms with E-state index in [4.69, 9.17) is 17.0 Å². The van der Waals surface area contributed by atoms with Crippen molar-refractivity contribution in [2.45, 2.75) is 27.2 Å². The zero-order valence-corrected chi connectivity index (χ0v) is 9.96. The van der Waals surface area contributed by atoms with E-state index in [1.807, 2.05) is 13.8 Å². The van der Waals surface area contributed by atoms with Crippen molar-refractivity contribution in [3.05, 3.63) is 0 Å². The molecule has 0 spiro atoms. The van der Waals surface area contributed by atoms with Crippen molar-refractivity contribution < 1.29 is 9.53 Å². The molecule has 0 fully saturated rings. The van der Waals surface area contributed by atoms with Crippen LogP contribution in [0.4, 0.5) is 0 Å². The summed E-state index contributed by atoms with van der Waals surface area (Å²) in [5.74, 6) is 0.519. The third-order valence-electron chi connectivity index (χ3n) is 1.55. The van der Waals surface area contributed by atoms with Gasteiger partial charge >= 0.3 is 5.97 Å². The summed E-state index contributed by atoms with van der Waals surface area (Å²) >= 11 is 6.68. The van der Waals surface area contributed by atoms with Crippen molar-refractivity contribution in [2.24, 2.45) is 5.92 Å². The first-order chi connectivity index (χ1) is 6.17. The molecule has 1 atom stereocenters. The van der Waals surface area contributed by atoms with E-state index < -0.39 is 0 Å². The minimum Gasteiger partial charge on any atom is -0.465 e. The quantitative estimate of drug-likeness (QED) is 0.525. The Balaban J connectivity index is 4.15. The zero-order chi connectivity index (χ0) is 10.3. The van der Waals surface area contributed by atoms with Crippen LogP contribution >= 0.6 is 24.0 Å². The molecule has 13 heavy (non-hydrogen) atoms. The van der Waals surface area contributed by atoms with Crippen LogP contribution in [0.3, 0.4) is 0 Å².